The summed E-state index contributed by atoms with van der Waals surface area (Å²) in [4.78, 5) is 39.2. The Kier molecular flexibility index (Phi) is 4.21. The van der Waals surface area contributed by atoms with Crippen molar-refractivity contribution in [1.29, 1.82) is 0 Å². The standard InChI is InChI=1S/C20H23FN4O3/c21-15-2-4-17(24-7-11-5-12(8-24)23-11)14-9-25(20(28)19(14)15)13-1-3-16(22-6-13)18(27)10-26/h2,4,10-13,16,22-23H,1,3,5-9H2. The molecule has 8 heteroatoms. The number of anilines is 1. The zero-order valence-corrected chi connectivity index (χ0v) is 15.5. The zero-order chi connectivity index (χ0) is 19.4. The van der Waals surface area contributed by atoms with E-state index in [1.54, 1.807) is 11.0 Å². The van der Waals surface area contributed by atoms with Crippen LogP contribution in [-0.2, 0) is 16.1 Å². The number of piperazine rings is 1. The summed E-state index contributed by atoms with van der Waals surface area (Å²) in [6.07, 6.45) is 2.64. The van der Waals surface area contributed by atoms with Crippen LogP contribution in [0.4, 0.5) is 10.1 Å². The van der Waals surface area contributed by atoms with Gasteiger partial charge in [0.1, 0.15) is 5.82 Å². The number of nitrogens with one attached hydrogen (secondary N) is 2. The van der Waals surface area contributed by atoms with E-state index >= 15 is 0 Å². The summed E-state index contributed by atoms with van der Waals surface area (Å²) >= 11 is 0. The Balaban J connectivity index is 1.36. The minimum atomic E-state index is -0.478. The molecule has 1 aromatic rings. The minimum Gasteiger partial charge on any atom is -0.368 e. The molecule has 2 bridgehead atoms. The molecule has 5 aliphatic heterocycles. The number of halogens is 1. The van der Waals surface area contributed by atoms with Crippen molar-refractivity contribution in [3.63, 3.8) is 0 Å². The van der Waals surface area contributed by atoms with Crippen LogP contribution < -0.4 is 15.5 Å². The summed E-state index contributed by atoms with van der Waals surface area (Å²) in [6.45, 7) is 2.57. The second kappa shape index (κ2) is 6.63. The van der Waals surface area contributed by atoms with Crippen molar-refractivity contribution in [3.05, 3.63) is 29.1 Å². The predicted octanol–water partition coefficient (Wildman–Crippen LogP) is 0.221. The minimum absolute atomic E-state index is 0.112. The van der Waals surface area contributed by atoms with Crippen molar-refractivity contribution >= 4 is 23.7 Å². The number of carbonyl (C=O) groups is 3. The van der Waals surface area contributed by atoms with Gasteiger partial charge in [-0.15, -0.1) is 0 Å². The molecule has 0 spiro atoms. The lowest BCUT2D eigenvalue weighted by Gasteiger charge is -2.49. The summed E-state index contributed by atoms with van der Waals surface area (Å²) in [6, 6.07) is 3.56. The number of hydrogen-bond donors (Lipinski definition) is 2. The molecule has 4 atom stereocenters. The highest BCUT2D eigenvalue weighted by Gasteiger charge is 2.42. The number of ketones is 1. The molecular formula is C20H23FN4O3. The lowest BCUT2D eigenvalue weighted by molar-refractivity contribution is -0.131. The van der Waals surface area contributed by atoms with Crippen LogP contribution in [0.3, 0.4) is 0 Å². The summed E-state index contributed by atoms with van der Waals surface area (Å²) in [5, 5.41) is 6.55. The maximum absolute atomic E-state index is 14.6. The molecule has 0 aromatic heterocycles. The smallest absolute Gasteiger partial charge is 0.257 e. The third-order valence-electron chi connectivity index (χ3n) is 6.59. The fraction of sp³-hybridized carbons (Fsp3) is 0.550. The van der Waals surface area contributed by atoms with Gasteiger partial charge in [0.15, 0.2) is 6.29 Å². The van der Waals surface area contributed by atoms with Crippen LogP contribution in [0.25, 0.3) is 0 Å². The maximum atomic E-state index is 14.6. The summed E-state index contributed by atoms with van der Waals surface area (Å²) in [5.74, 6) is -1.20. The van der Waals surface area contributed by atoms with E-state index in [1.807, 2.05) is 0 Å². The van der Waals surface area contributed by atoms with E-state index in [4.69, 9.17) is 0 Å². The molecular weight excluding hydrogens is 363 g/mol. The van der Waals surface area contributed by atoms with Crippen LogP contribution >= 0.6 is 0 Å². The van der Waals surface area contributed by atoms with Gasteiger partial charge in [-0.25, -0.2) is 4.39 Å². The molecule has 0 aliphatic carbocycles. The summed E-state index contributed by atoms with van der Waals surface area (Å²) < 4.78 is 14.6. The molecule has 7 nitrogen and oxygen atoms in total. The number of amides is 1. The highest BCUT2D eigenvalue weighted by molar-refractivity contribution is 6.27. The Hall–Kier alpha value is -2.32. The van der Waals surface area contributed by atoms with E-state index < -0.39 is 17.6 Å². The number of nitrogens with zero attached hydrogens (tertiary/aromatic N) is 2. The first-order chi connectivity index (χ1) is 13.5. The Morgan fingerprint density at radius 2 is 1.96 bits per heavy atom. The van der Waals surface area contributed by atoms with E-state index in [2.05, 4.69) is 15.5 Å². The largest absolute Gasteiger partial charge is 0.368 e. The molecule has 28 heavy (non-hydrogen) atoms. The fourth-order valence-electron chi connectivity index (χ4n) is 5.12. The predicted molar refractivity (Wildman–Crippen MR) is 99.7 cm³/mol. The average Bonchev–Trinajstić information content (AvgIpc) is 3.05. The van der Waals surface area contributed by atoms with Gasteiger partial charge in [0.2, 0.25) is 5.78 Å². The Morgan fingerprint density at radius 1 is 1.21 bits per heavy atom. The van der Waals surface area contributed by atoms with Gasteiger partial charge in [-0.2, -0.15) is 0 Å². The van der Waals surface area contributed by atoms with Gasteiger partial charge in [-0.05, 0) is 31.4 Å². The Morgan fingerprint density at radius 3 is 2.61 bits per heavy atom. The highest BCUT2D eigenvalue weighted by Crippen LogP contribution is 2.37. The van der Waals surface area contributed by atoms with Gasteiger partial charge in [-0.1, -0.05) is 0 Å². The quantitative estimate of drug-likeness (QED) is 0.569. The van der Waals surface area contributed by atoms with Gasteiger partial charge < -0.3 is 20.4 Å². The average molecular weight is 386 g/mol. The fourth-order valence-corrected chi connectivity index (χ4v) is 5.12. The molecule has 5 heterocycles. The van der Waals surface area contributed by atoms with Crippen molar-refractivity contribution in [3.8, 4) is 0 Å². The number of piperidine rings is 2. The van der Waals surface area contributed by atoms with Gasteiger partial charge >= 0.3 is 0 Å². The van der Waals surface area contributed by atoms with Gasteiger partial charge in [0.25, 0.3) is 5.91 Å². The van der Waals surface area contributed by atoms with E-state index in [0.29, 0.717) is 44.3 Å². The number of Topliss-reactive ketones (excluding diaryl/α,β-unsaturated/α-hetero) is 1. The number of fused-ring (bicyclic) bond motifs is 3. The molecule has 0 saturated carbocycles. The second-order valence-electron chi connectivity index (χ2n) is 8.27. The van der Waals surface area contributed by atoms with Gasteiger partial charge in [-0.3, -0.25) is 14.4 Å². The van der Waals surface area contributed by atoms with Crippen LogP contribution in [-0.4, -0.2) is 66.7 Å². The number of rotatable bonds is 4. The Bertz CT molecular complexity index is 836. The van der Waals surface area contributed by atoms with Crippen molar-refractivity contribution in [1.82, 2.24) is 15.5 Å². The van der Waals surface area contributed by atoms with Crippen molar-refractivity contribution < 1.29 is 18.8 Å². The molecule has 2 N–H and O–H groups in total. The first kappa shape index (κ1) is 17.8. The molecule has 1 aromatic carbocycles. The first-order valence-corrected chi connectivity index (χ1v) is 9.91. The third kappa shape index (κ3) is 2.74. The lowest BCUT2D eigenvalue weighted by Crippen LogP contribution is -2.67. The van der Waals surface area contributed by atoms with E-state index in [9.17, 15) is 18.8 Å². The van der Waals surface area contributed by atoms with E-state index in [0.717, 1.165) is 24.3 Å². The molecule has 148 valence electrons. The molecule has 6 rings (SSSR count). The maximum Gasteiger partial charge on any atom is 0.257 e. The van der Waals surface area contributed by atoms with E-state index in [1.165, 1.54) is 12.5 Å². The SMILES string of the molecule is O=CC(=O)C1CCC(N2Cc3c(N4CC5CC(C4)N5)ccc(F)c3C2=O)CN1. The monoisotopic (exact) mass is 386 g/mol. The zero-order valence-electron chi connectivity index (χ0n) is 15.5. The van der Waals surface area contributed by atoms with Crippen LogP contribution in [0.2, 0.25) is 0 Å². The highest BCUT2D eigenvalue weighted by atomic mass is 19.1. The summed E-state index contributed by atoms with van der Waals surface area (Å²) in [7, 11) is 0. The number of aldehydes is 1. The first-order valence-electron chi connectivity index (χ1n) is 9.91. The van der Waals surface area contributed by atoms with Crippen molar-refractivity contribution in [2.75, 3.05) is 24.5 Å². The third-order valence-corrected chi connectivity index (χ3v) is 6.59. The molecule has 1 amide bonds. The van der Waals surface area contributed by atoms with Gasteiger partial charge in [0.05, 0.1) is 11.6 Å². The number of benzene rings is 1. The van der Waals surface area contributed by atoms with Crippen molar-refractivity contribution in [2.24, 2.45) is 0 Å². The van der Waals surface area contributed by atoms with Crippen LogP contribution in [0, 0.1) is 5.82 Å². The van der Waals surface area contributed by atoms with E-state index in [-0.39, 0.29) is 17.5 Å². The molecule has 4 fully saturated rings. The number of carbonyl (C=O) groups excluding carboxylic acids is 3. The summed E-state index contributed by atoms with van der Waals surface area (Å²) in [5.41, 5.74) is 1.93. The molecule has 4 saturated heterocycles. The lowest BCUT2D eigenvalue weighted by atomic mass is 9.90. The van der Waals surface area contributed by atoms with Gasteiger partial charge in [0, 0.05) is 55.6 Å². The molecule has 4 unspecified atom stereocenters. The Labute approximate surface area is 162 Å². The van der Waals surface area contributed by atoms with Crippen LogP contribution in [0.1, 0.15) is 35.2 Å². The number of hydrogen-bond acceptors (Lipinski definition) is 6. The topological polar surface area (TPSA) is 81.8 Å². The second-order valence-corrected chi connectivity index (χ2v) is 8.27. The molecule has 0 radical (unpaired) electrons. The normalized spacial score (nSPS) is 31.4. The van der Waals surface area contributed by atoms with Crippen LogP contribution in [0.15, 0.2) is 12.1 Å². The van der Waals surface area contributed by atoms with Crippen molar-refractivity contribution in [2.45, 2.75) is 50.0 Å². The van der Waals surface area contributed by atoms with Crippen LogP contribution in [0.5, 0.6) is 0 Å². The molecule has 5 aliphatic rings.